The highest BCUT2D eigenvalue weighted by Gasteiger charge is 2.41. The van der Waals surface area contributed by atoms with Crippen LogP contribution in [0.3, 0.4) is 0 Å². The Bertz CT molecular complexity index is 854. The zero-order chi connectivity index (χ0) is 18.1. The summed E-state index contributed by atoms with van der Waals surface area (Å²) in [5.74, 6) is -1.04. The summed E-state index contributed by atoms with van der Waals surface area (Å²) in [5, 5.41) is 12.0. The van der Waals surface area contributed by atoms with E-state index in [1.165, 1.54) is 17.2 Å². The first kappa shape index (κ1) is 16.6. The maximum atomic E-state index is 12.6. The third kappa shape index (κ3) is 2.83. The summed E-state index contributed by atoms with van der Waals surface area (Å²) in [4.78, 5) is 25.7. The second-order valence-corrected chi connectivity index (χ2v) is 7.21. The fourth-order valence-electron chi connectivity index (χ4n) is 4.39. The number of carboxylic acids is 1. The predicted molar refractivity (Wildman–Crippen MR) is 99.7 cm³/mol. The highest BCUT2D eigenvalue weighted by Crippen LogP contribution is 2.46. The number of hydrogen-bond acceptors (Lipinski definition) is 2. The number of para-hydroxylation sites is 1. The van der Waals surface area contributed by atoms with Crippen molar-refractivity contribution in [1.82, 2.24) is 4.90 Å². The molecular formula is C21H22N2O3. The summed E-state index contributed by atoms with van der Waals surface area (Å²) in [6.45, 7) is 1.38. The van der Waals surface area contributed by atoms with Crippen LogP contribution in [0.15, 0.2) is 48.5 Å². The zero-order valence-corrected chi connectivity index (χ0v) is 14.6. The standard InChI is InChI=1S/C21H22N2O3/c24-19(25)16-6-2-4-8-18(16)22-20(26)23-13-11-21(12-14-23)10-9-15-5-1-3-7-17(15)21/h1-8H,9-14H2,(H,22,26)(H,24,25). The number of urea groups is 1. The molecule has 0 unspecified atom stereocenters. The summed E-state index contributed by atoms with van der Waals surface area (Å²) in [7, 11) is 0. The summed E-state index contributed by atoms with van der Waals surface area (Å²) < 4.78 is 0. The Labute approximate surface area is 152 Å². The number of benzene rings is 2. The third-order valence-corrected chi connectivity index (χ3v) is 5.87. The van der Waals surface area contributed by atoms with Gasteiger partial charge in [0.25, 0.3) is 0 Å². The molecule has 2 N–H and O–H groups in total. The van der Waals surface area contributed by atoms with Crippen LogP contribution >= 0.6 is 0 Å². The Morgan fingerprint density at radius 2 is 1.65 bits per heavy atom. The molecule has 1 heterocycles. The molecule has 0 atom stereocenters. The number of hydrogen-bond donors (Lipinski definition) is 2. The minimum absolute atomic E-state index is 0.110. The number of fused-ring (bicyclic) bond motifs is 2. The van der Waals surface area contributed by atoms with Gasteiger partial charge in [-0.25, -0.2) is 9.59 Å². The fourth-order valence-corrected chi connectivity index (χ4v) is 4.39. The van der Waals surface area contributed by atoms with Gasteiger partial charge in [0.15, 0.2) is 0 Å². The van der Waals surface area contributed by atoms with E-state index < -0.39 is 5.97 Å². The minimum atomic E-state index is -1.04. The van der Waals surface area contributed by atoms with Gasteiger partial charge in [0, 0.05) is 13.1 Å². The SMILES string of the molecule is O=C(O)c1ccccc1NC(=O)N1CCC2(CCc3ccccc32)CC1. The average Bonchev–Trinajstić information content (AvgIpc) is 3.01. The van der Waals surface area contributed by atoms with Crippen LogP contribution in [0.1, 0.15) is 40.7 Å². The molecule has 26 heavy (non-hydrogen) atoms. The van der Waals surface area contributed by atoms with Crippen molar-refractivity contribution in [1.29, 1.82) is 0 Å². The quantitative estimate of drug-likeness (QED) is 0.863. The van der Waals surface area contributed by atoms with Gasteiger partial charge >= 0.3 is 12.0 Å². The average molecular weight is 350 g/mol. The van der Waals surface area contributed by atoms with E-state index in [4.69, 9.17) is 0 Å². The minimum Gasteiger partial charge on any atom is -0.478 e. The van der Waals surface area contributed by atoms with Crippen molar-refractivity contribution in [3.63, 3.8) is 0 Å². The van der Waals surface area contributed by atoms with Gasteiger partial charge in [-0.3, -0.25) is 0 Å². The van der Waals surface area contributed by atoms with Gasteiger partial charge in [-0.05, 0) is 54.4 Å². The van der Waals surface area contributed by atoms with Crippen LogP contribution in [0, 0.1) is 0 Å². The molecule has 1 aliphatic heterocycles. The van der Waals surface area contributed by atoms with Crippen molar-refractivity contribution < 1.29 is 14.7 Å². The molecule has 2 aromatic carbocycles. The van der Waals surface area contributed by atoms with Crippen LogP contribution in [-0.4, -0.2) is 35.1 Å². The molecular weight excluding hydrogens is 328 g/mol. The number of anilines is 1. The second kappa shape index (κ2) is 6.48. The van der Waals surface area contributed by atoms with Crippen LogP contribution in [0.5, 0.6) is 0 Å². The molecule has 2 aliphatic rings. The number of amides is 2. The van der Waals surface area contributed by atoms with Crippen molar-refractivity contribution in [2.24, 2.45) is 0 Å². The molecule has 0 saturated carbocycles. The van der Waals surface area contributed by atoms with Gasteiger partial charge in [-0.15, -0.1) is 0 Å². The normalized spacial score (nSPS) is 17.8. The zero-order valence-electron chi connectivity index (χ0n) is 14.6. The summed E-state index contributed by atoms with van der Waals surface area (Å²) in [5.41, 5.74) is 3.56. The topological polar surface area (TPSA) is 69.6 Å². The van der Waals surface area contributed by atoms with Crippen LogP contribution < -0.4 is 5.32 Å². The number of aryl methyl sites for hydroxylation is 1. The lowest BCUT2D eigenvalue weighted by Crippen LogP contribution is -2.46. The lowest BCUT2D eigenvalue weighted by molar-refractivity contribution is 0.0698. The van der Waals surface area contributed by atoms with Crippen LogP contribution in [-0.2, 0) is 11.8 Å². The molecule has 0 radical (unpaired) electrons. The molecule has 1 aliphatic carbocycles. The number of likely N-dealkylation sites (tertiary alicyclic amines) is 1. The van der Waals surface area contributed by atoms with Gasteiger partial charge < -0.3 is 15.3 Å². The number of carbonyl (C=O) groups excluding carboxylic acids is 1. The lowest BCUT2D eigenvalue weighted by atomic mass is 9.74. The summed E-state index contributed by atoms with van der Waals surface area (Å²) in [6, 6.07) is 14.9. The third-order valence-electron chi connectivity index (χ3n) is 5.87. The number of aromatic carboxylic acids is 1. The van der Waals surface area contributed by atoms with Gasteiger partial charge in [0.05, 0.1) is 11.3 Å². The first-order valence-electron chi connectivity index (χ1n) is 9.06. The number of carbonyl (C=O) groups is 2. The number of carboxylic acid groups (broad SMARTS) is 1. The van der Waals surface area contributed by atoms with E-state index in [2.05, 4.69) is 29.6 Å². The van der Waals surface area contributed by atoms with Crippen LogP contribution in [0.4, 0.5) is 10.5 Å². The van der Waals surface area contributed by atoms with Gasteiger partial charge in [0.2, 0.25) is 0 Å². The number of rotatable bonds is 2. The van der Waals surface area contributed by atoms with Crippen molar-refractivity contribution in [3.8, 4) is 0 Å². The second-order valence-electron chi connectivity index (χ2n) is 7.21. The van der Waals surface area contributed by atoms with Crippen molar-refractivity contribution >= 4 is 17.7 Å². The molecule has 5 nitrogen and oxygen atoms in total. The highest BCUT2D eigenvalue weighted by molar-refractivity contribution is 6.00. The Hall–Kier alpha value is -2.82. The molecule has 0 bridgehead atoms. The first-order valence-corrected chi connectivity index (χ1v) is 9.06. The Morgan fingerprint density at radius 3 is 2.42 bits per heavy atom. The van der Waals surface area contributed by atoms with Crippen molar-refractivity contribution in [3.05, 3.63) is 65.2 Å². The van der Waals surface area contributed by atoms with Crippen LogP contribution in [0.2, 0.25) is 0 Å². The maximum absolute atomic E-state index is 12.6. The first-order chi connectivity index (χ1) is 12.6. The van der Waals surface area contributed by atoms with E-state index in [1.54, 1.807) is 23.1 Å². The van der Waals surface area contributed by atoms with Gasteiger partial charge in [0.1, 0.15) is 0 Å². The highest BCUT2D eigenvalue weighted by atomic mass is 16.4. The molecule has 134 valence electrons. The van der Waals surface area contributed by atoms with E-state index in [0.29, 0.717) is 18.8 Å². The van der Waals surface area contributed by atoms with E-state index in [0.717, 1.165) is 25.7 Å². The van der Waals surface area contributed by atoms with E-state index in [9.17, 15) is 14.7 Å². The molecule has 4 rings (SSSR count). The molecule has 0 aromatic heterocycles. The van der Waals surface area contributed by atoms with E-state index in [1.807, 2.05) is 0 Å². The van der Waals surface area contributed by atoms with Gasteiger partial charge in [-0.1, -0.05) is 36.4 Å². The Balaban J connectivity index is 1.45. The largest absolute Gasteiger partial charge is 0.478 e. The predicted octanol–water partition coefficient (Wildman–Crippen LogP) is 3.90. The van der Waals surface area contributed by atoms with Gasteiger partial charge in [-0.2, -0.15) is 0 Å². The lowest BCUT2D eigenvalue weighted by Gasteiger charge is -2.40. The molecule has 1 saturated heterocycles. The number of piperidine rings is 1. The van der Waals surface area contributed by atoms with E-state index >= 15 is 0 Å². The number of nitrogens with one attached hydrogen (secondary N) is 1. The Morgan fingerprint density at radius 1 is 0.962 bits per heavy atom. The fraction of sp³-hybridized carbons (Fsp3) is 0.333. The van der Waals surface area contributed by atoms with Crippen LogP contribution in [0.25, 0.3) is 0 Å². The van der Waals surface area contributed by atoms with E-state index in [-0.39, 0.29) is 17.0 Å². The molecule has 1 spiro atoms. The molecule has 5 heteroatoms. The van der Waals surface area contributed by atoms with Crippen molar-refractivity contribution in [2.75, 3.05) is 18.4 Å². The maximum Gasteiger partial charge on any atom is 0.337 e. The Kier molecular flexibility index (Phi) is 4.15. The van der Waals surface area contributed by atoms with Crippen molar-refractivity contribution in [2.45, 2.75) is 31.1 Å². The molecule has 1 fully saturated rings. The summed E-state index contributed by atoms with van der Waals surface area (Å²) >= 11 is 0. The summed E-state index contributed by atoms with van der Waals surface area (Å²) in [6.07, 6.45) is 4.19. The monoisotopic (exact) mass is 350 g/mol. The molecule has 2 amide bonds. The number of nitrogens with zero attached hydrogens (tertiary/aromatic N) is 1. The smallest absolute Gasteiger partial charge is 0.337 e. The molecule has 2 aromatic rings.